The predicted molar refractivity (Wildman–Crippen MR) is 65.2 cm³/mol. The lowest BCUT2D eigenvalue weighted by molar-refractivity contribution is 0.0600. The van der Waals surface area contributed by atoms with Crippen LogP contribution in [0.25, 0.3) is 0 Å². The molecule has 0 aromatic carbocycles. The Kier molecular flexibility index (Phi) is 4.45. The highest BCUT2D eigenvalue weighted by atomic mass is 16.5. The molecule has 0 fully saturated rings. The van der Waals surface area contributed by atoms with Gasteiger partial charge in [-0.3, -0.25) is 0 Å². The van der Waals surface area contributed by atoms with Crippen LogP contribution in [0, 0.1) is 0 Å². The zero-order chi connectivity index (χ0) is 12.9. The van der Waals surface area contributed by atoms with Crippen LogP contribution in [-0.2, 0) is 9.47 Å². The van der Waals surface area contributed by atoms with Crippen molar-refractivity contribution in [2.45, 2.75) is 19.4 Å². The van der Waals surface area contributed by atoms with E-state index in [1.807, 2.05) is 13.8 Å². The number of methoxy groups -OCH3 is 2. The third-order valence-corrected chi connectivity index (χ3v) is 2.15. The fraction of sp³-hybridized carbons (Fsp3) is 0.500. The van der Waals surface area contributed by atoms with Crippen molar-refractivity contribution in [1.82, 2.24) is 4.98 Å². The Bertz CT molecular complexity index is 391. The first-order chi connectivity index (χ1) is 7.98. The summed E-state index contributed by atoms with van der Waals surface area (Å²) in [5.41, 5.74) is 0.217. The van der Waals surface area contributed by atoms with Gasteiger partial charge in [0.25, 0.3) is 0 Å². The molecule has 0 saturated carbocycles. The molecule has 0 saturated heterocycles. The molecule has 17 heavy (non-hydrogen) atoms. The number of esters is 1. The molecule has 0 bridgehead atoms. The summed E-state index contributed by atoms with van der Waals surface area (Å²) in [6.07, 6.45) is 1.57. The fourth-order valence-electron chi connectivity index (χ4n) is 1.49. The maximum atomic E-state index is 11.4. The molecule has 0 spiro atoms. The van der Waals surface area contributed by atoms with Crippen molar-refractivity contribution in [3.63, 3.8) is 0 Å². The number of carbonyl (C=O) groups excluding carboxylic acids is 1. The Morgan fingerprint density at radius 3 is 2.76 bits per heavy atom. The van der Waals surface area contributed by atoms with Crippen LogP contribution in [0.1, 0.15) is 24.2 Å². The molecule has 0 amide bonds. The van der Waals surface area contributed by atoms with E-state index < -0.39 is 0 Å². The largest absolute Gasteiger partial charge is 0.465 e. The zero-order valence-corrected chi connectivity index (χ0v) is 10.6. The first-order valence-corrected chi connectivity index (χ1v) is 5.30. The van der Waals surface area contributed by atoms with Gasteiger partial charge in [-0.2, -0.15) is 0 Å². The van der Waals surface area contributed by atoms with Gasteiger partial charge >= 0.3 is 5.97 Å². The molecular weight excluding hydrogens is 220 g/mol. The zero-order valence-electron chi connectivity index (χ0n) is 10.6. The Morgan fingerprint density at radius 2 is 2.18 bits per heavy atom. The SMILES string of the molecule is COCC(C)(C)Nc1cc(C(=O)OC)ccn1. The van der Waals surface area contributed by atoms with E-state index in [1.165, 1.54) is 7.11 Å². The first kappa shape index (κ1) is 13.4. The summed E-state index contributed by atoms with van der Waals surface area (Å²) in [4.78, 5) is 15.5. The van der Waals surface area contributed by atoms with E-state index in [9.17, 15) is 4.79 Å². The van der Waals surface area contributed by atoms with Crippen molar-refractivity contribution in [3.8, 4) is 0 Å². The Labute approximate surface area is 101 Å². The Hall–Kier alpha value is -1.62. The van der Waals surface area contributed by atoms with Crippen molar-refractivity contribution >= 4 is 11.8 Å². The molecule has 5 heteroatoms. The van der Waals surface area contributed by atoms with E-state index in [4.69, 9.17) is 4.74 Å². The van der Waals surface area contributed by atoms with Crippen molar-refractivity contribution in [3.05, 3.63) is 23.9 Å². The Morgan fingerprint density at radius 1 is 1.47 bits per heavy atom. The second-order valence-electron chi connectivity index (χ2n) is 4.36. The van der Waals surface area contributed by atoms with Crippen molar-refractivity contribution < 1.29 is 14.3 Å². The van der Waals surface area contributed by atoms with Crippen molar-refractivity contribution in [1.29, 1.82) is 0 Å². The second kappa shape index (κ2) is 5.63. The van der Waals surface area contributed by atoms with Crippen LogP contribution >= 0.6 is 0 Å². The van der Waals surface area contributed by atoms with Gasteiger partial charge in [-0.05, 0) is 26.0 Å². The normalized spacial score (nSPS) is 11.1. The number of aromatic nitrogens is 1. The summed E-state index contributed by atoms with van der Waals surface area (Å²) in [6.45, 7) is 4.52. The summed E-state index contributed by atoms with van der Waals surface area (Å²) in [6, 6.07) is 3.27. The molecule has 0 unspecified atom stereocenters. The molecule has 1 rings (SSSR count). The number of nitrogens with zero attached hydrogens (tertiary/aromatic N) is 1. The van der Waals surface area contributed by atoms with Gasteiger partial charge in [0.15, 0.2) is 0 Å². The van der Waals surface area contributed by atoms with Crippen LogP contribution < -0.4 is 5.32 Å². The molecule has 0 aliphatic carbocycles. The van der Waals surface area contributed by atoms with Crippen LogP contribution in [0.2, 0.25) is 0 Å². The van der Waals surface area contributed by atoms with Crippen molar-refractivity contribution in [2.24, 2.45) is 0 Å². The molecule has 1 heterocycles. The molecule has 1 aromatic heterocycles. The highest BCUT2D eigenvalue weighted by Gasteiger charge is 2.18. The quantitative estimate of drug-likeness (QED) is 0.791. The van der Waals surface area contributed by atoms with Crippen LogP contribution in [0.15, 0.2) is 18.3 Å². The summed E-state index contributed by atoms with van der Waals surface area (Å²) >= 11 is 0. The smallest absolute Gasteiger partial charge is 0.338 e. The number of hydrogen-bond acceptors (Lipinski definition) is 5. The molecule has 1 aromatic rings. The summed E-state index contributed by atoms with van der Waals surface area (Å²) in [5.74, 6) is 0.245. The number of rotatable bonds is 5. The van der Waals surface area contributed by atoms with E-state index in [1.54, 1.807) is 25.4 Å². The van der Waals surface area contributed by atoms with Gasteiger partial charge in [0.05, 0.1) is 24.8 Å². The molecular formula is C12H18N2O3. The van der Waals surface area contributed by atoms with Crippen LogP contribution in [0.4, 0.5) is 5.82 Å². The van der Waals surface area contributed by atoms with Crippen molar-refractivity contribution in [2.75, 3.05) is 26.1 Å². The van der Waals surface area contributed by atoms with Gasteiger partial charge in [-0.15, -0.1) is 0 Å². The molecule has 94 valence electrons. The molecule has 0 radical (unpaired) electrons. The molecule has 5 nitrogen and oxygen atoms in total. The minimum atomic E-state index is -0.375. The number of ether oxygens (including phenoxy) is 2. The van der Waals surface area contributed by atoms with E-state index in [0.29, 0.717) is 18.0 Å². The number of carbonyl (C=O) groups is 1. The fourth-order valence-corrected chi connectivity index (χ4v) is 1.49. The second-order valence-corrected chi connectivity index (χ2v) is 4.36. The molecule has 0 atom stereocenters. The van der Waals surface area contributed by atoms with Crippen LogP contribution in [-0.4, -0.2) is 37.3 Å². The van der Waals surface area contributed by atoms with E-state index in [2.05, 4.69) is 15.0 Å². The average Bonchev–Trinajstić information content (AvgIpc) is 2.27. The minimum absolute atomic E-state index is 0.253. The molecule has 0 aliphatic heterocycles. The molecule has 0 aliphatic rings. The lowest BCUT2D eigenvalue weighted by atomic mass is 10.1. The van der Waals surface area contributed by atoms with Gasteiger partial charge in [0.2, 0.25) is 0 Å². The summed E-state index contributed by atoms with van der Waals surface area (Å²) < 4.78 is 9.75. The summed E-state index contributed by atoms with van der Waals surface area (Å²) in [5, 5.41) is 3.19. The van der Waals surface area contributed by atoms with Gasteiger partial charge in [0, 0.05) is 13.3 Å². The van der Waals surface area contributed by atoms with Gasteiger partial charge in [-0.1, -0.05) is 0 Å². The monoisotopic (exact) mass is 238 g/mol. The maximum Gasteiger partial charge on any atom is 0.338 e. The number of nitrogens with one attached hydrogen (secondary N) is 1. The lowest BCUT2D eigenvalue weighted by Gasteiger charge is -2.25. The highest BCUT2D eigenvalue weighted by molar-refractivity contribution is 5.90. The van der Waals surface area contributed by atoms with Gasteiger partial charge in [0.1, 0.15) is 5.82 Å². The molecule has 1 N–H and O–H groups in total. The highest BCUT2D eigenvalue weighted by Crippen LogP contribution is 2.14. The van der Waals surface area contributed by atoms with E-state index in [0.717, 1.165) is 0 Å². The third kappa shape index (κ3) is 4.03. The first-order valence-electron chi connectivity index (χ1n) is 5.30. The van der Waals surface area contributed by atoms with Gasteiger partial charge in [-0.25, -0.2) is 9.78 Å². The number of anilines is 1. The lowest BCUT2D eigenvalue weighted by Crippen LogP contribution is -2.36. The third-order valence-electron chi connectivity index (χ3n) is 2.15. The van der Waals surface area contributed by atoms with E-state index in [-0.39, 0.29) is 11.5 Å². The standard InChI is InChI=1S/C12H18N2O3/c1-12(2,8-16-3)14-10-7-9(5-6-13-10)11(15)17-4/h5-7H,8H2,1-4H3,(H,13,14). The summed E-state index contributed by atoms with van der Waals surface area (Å²) in [7, 11) is 2.99. The van der Waals surface area contributed by atoms with E-state index >= 15 is 0 Å². The number of hydrogen-bond donors (Lipinski definition) is 1. The van der Waals surface area contributed by atoms with Gasteiger partial charge < -0.3 is 14.8 Å². The minimum Gasteiger partial charge on any atom is -0.465 e. The van der Waals surface area contributed by atoms with Crippen LogP contribution in [0.3, 0.4) is 0 Å². The van der Waals surface area contributed by atoms with Crippen LogP contribution in [0.5, 0.6) is 0 Å². The maximum absolute atomic E-state index is 11.4. The Balaban J connectivity index is 2.82. The number of pyridine rings is 1. The average molecular weight is 238 g/mol. The predicted octanol–water partition coefficient (Wildman–Crippen LogP) is 1.71. The topological polar surface area (TPSA) is 60.5 Å².